The molecule has 0 saturated heterocycles. The molecule has 0 bridgehead atoms. The van der Waals surface area contributed by atoms with Gasteiger partial charge < -0.3 is 31.3 Å². The number of hydrogen-bond acceptors (Lipinski definition) is 18. The van der Waals surface area contributed by atoms with E-state index in [-0.39, 0.29) is 112 Å². The van der Waals surface area contributed by atoms with Crippen molar-refractivity contribution in [3.05, 3.63) is 132 Å². The molecule has 2 amide bonds. The van der Waals surface area contributed by atoms with Crippen molar-refractivity contribution >= 4 is 161 Å². The molecule has 0 aliphatic heterocycles. The maximum absolute atomic E-state index is 12.7. The monoisotopic (exact) mass is 1680 g/mol. The first-order chi connectivity index (χ1) is 50.2. The number of aliphatic hydroxyl groups is 5. The number of Topliss-reactive ketones (excluding diaryl/α,β-unsaturated/α-hetero) is 3. The molecule has 0 saturated carbocycles. The number of ether oxygens (including phenoxy) is 1. The summed E-state index contributed by atoms with van der Waals surface area (Å²) in [5, 5.41) is 78.7. The average molecular weight is 1680 g/mol. The van der Waals surface area contributed by atoms with E-state index in [4.69, 9.17) is 67.9 Å². The van der Waals surface area contributed by atoms with Crippen LogP contribution >= 0.6 is 0 Å². The summed E-state index contributed by atoms with van der Waals surface area (Å²) in [5.74, 6) is -3.09. The fraction of sp³-hybridized carbons (Fsp3) is 0.425. The van der Waals surface area contributed by atoms with Gasteiger partial charge in [0.2, 0.25) is 0 Å². The van der Waals surface area contributed by atoms with Gasteiger partial charge in [-0.1, -0.05) is 36.0 Å². The molecule has 0 radical (unpaired) electrons. The quantitative estimate of drug-likeness (QED) is 0.00604. The SMILES string of the molecule is CC(=O)N[C@@H](CCCCC(=N)N)C(=O)Cc1ccc2[se]c(C(=O)O)cc2c1.CCCCC[C@H](NC(C)=O)C(=O)Cc1ccc2[se]c(C(=O)O)cc2c1.CCOC(=O)c1cc2cc(N)ccc2[se]1.CN(C)CC(=O)Cc1ccc2[se]c(C(=O)O)cc2c1.CO.CO.CO.CO.CO.[2H]C.[2H]CC.[3H]C.[3H]C. The minimum absolute atomic E-state index is 0.00259. The van der Waals surface area contributed by atoms with Gasteiger partial charge in [0.15, 0.2) is 0 Å². The second kappa shape index (κ2) is 58.3. The van der Waals surface area contributed by atoms with Gasteiger partial charge in [-0.2, -0.15) is 0 Å². The number of carbonyl (C=O) groups is 9. The van der Waals surface area contributed by atoms with E-state index in [2.05, 4.69) is 17.6 Å². The summed E-state index contributed by atoms with van der Waals surface area (Å²) in [5.41, 5.74) is 14.3. The normalized spacial score (nSPS) is 10.5. The van der Waals surface area contributed by atoms with E-state index in [0.717, 1.165) is 116 Å². The molecule has 24 nitrogen and oxygen atoms in total. The number of benzene rings is 4. The zero-order valence-corrected chi connectivity index (χ0v) is 67.5. The second-order valence-electron chi connectivity index (χ2n) is 20.5. The maximum atomic E-state index is 12.7. The second-order valence-corrected chi connectivity index (χ2v) is 29.6. The third kappa shape index (κ3) is 39.1. The zero-order chi connectivity index (χ0) is 81.9. The van der Waals surface area contributed by atoms with E-state index in [1.165, 1.54) is 40.3 Å². The number of carbonyl (C=O) groups excluding carboxylic acids is 6. The molecule has 15 N–H and O–H groups in total. The number of hydrogen-bond donors (Lipinski definition) is 13. The van der Waals surface area contributed by atoms with E-state index in [0.29, 0.717) is 71.9 Å². The molecule has 101 heavy (non-hydrogen) atoms. The Kier molecular flexibility index (Phi) is 54.1. The van der Waals surface area contributed by atoms with Crippen LogP contribution in [0.1, 0.15) is 174 Å². The molecule has 564 valence electrons. The predicted octanol–water partition coefficient (Wildman–Crippen LogP) is 8.40. The van der Waals surface area contributed by atoms with E-state index >= 15 is 0 Å². The smallest absolute Gasteiger partial charge is 0.0319 e. The summed E-state index contributed by atoms with van der Waals surface area (Å²) in [6.45, 7) is 9.86. The van der Waals surface area contributed by atoms with Gasteiger partial charge in [0, 0.05) is 41.0 Å². The summed E-state index contributed by atoms with van der Waals surface area (Å²) >= 11 is -0.440. The van der Waals surface area contributed by atoms with Crippen LogP contribution in [0.5, 0.6) is 0 Å². The number of unbranched alkanes of at least 4 members (excludes halogenated alkanes) is 3. The molecule has 0 spiro atoms. The Bertz CT molecular complexity index is 3810. The molecule has 28 heteroatoms. The van der Waals surface area contributed by atoms with Crippen molar-refractivity contribution < 1.29 is 94.2 Å². The molecule has 8 rings (SSSR count). The average Bonchev–Trinajstić information content (AvgIpc) is 1.72. The Labute approximate surface area is 624 Å². The fourth-order valence-electron chi connectivity index (χ4n) is 8.95. The zero-order valence-electron chi connectivity index (χ0n) is 64.7. The Morgan fingerprint density at radius 2 is 0.881 bits per heavy atom. The Morgan fingerprint density at radius 1 is 0.554 bits per heavy atom. The first-order valence-electron chi connectivity index (χ1n) is 34.3. The number of amides is 2. The van der Waals surface area contributed by atoms with Crippen molar-refractivity contribution in [3.8, 4) is 0 Å². The van der Waals surface area contributed by atoms with E-state index in [1.54, 1.807) is 25.1 Å². The van der Waals surface area contributed by atoms with Crippen LogP contribution in [0.4, 0.5) is 5.69 Å². The standard InChI is InChI=1S/C19H23N3O4Se.C19H23NO4Se.C14H15NO3Se.C11H11NO2Se.C2H6.5CH4O.3CH4/c1-11(23)22-14(4-2-3-5-18(20)21)15(24)9-12-6-7-16-13(8-12)10-17(27-16)19(25)26;1-3-4-5-6-15(20-12(2)21)16(22)10-13-7-8-17-14(9-13)11-18(25-17)19(23)24;1-15(2)8-11(16)6-9-3-4-12-10(5-9)7-13(19-12)14(17)18;1-2-14-11(13)10-6-7-5-8(12)3-4-9(7)15-10;6*1-2;;;/h6-8,10,14H,2-5,9H2,1H3,(H3,20,21)(H,22,23)(H,25,26);7-9,11,15H,3-6,10H2,1-2H3,(H,20,21)(H,23,24);3-5,7H,6,8H2,1-2H3,(H,17,18);3-6H,2,12H2,1H3;1-2H3;5*2H,1H3;3*1H4/t14-;15-;;;;;;;;;;;/m00.........../s1/i;;;;1D;;;;;;2*1T;1D. The molecule has 4 aromatic heterocycles. The van der Waals surface area contributed by atoms with Crippen LogP contribution in [0, 0.1) is 5.41 Å². The molecule has 8 aromatic rings. The van der Waals surface area contributed by atoms with Gasteiger partial charge in [0.1, 0.15) is 0 Å². The summed E-state index contributed by atoms with van der Waals surface area (Å²) in [4.78, 5) is 106. The fourth-order valence-corrected chi connectivity index (χ4v) is 16.5. The van der Waals surface area contributed by atoms with Crippen LogP contribution in [0.15, 0.2) is 97.1 Å². The molecule has 0 aliphatic rings. The summed E-state index contributed by atoms with van der Waals surface area (Å²) < 4.78 is 34.8. The van der Waals surface area contributed by atoms with Gasteiger partial charge in [-0.05, 0) is 0 Å². The minimum atomic E-state index is -0.903. The number of nitrogens with one attached hydrogen (secondary N) is 3. The number of aromatic carboxylic acids is 3. The van der Waals surface area contributed by atoms with Gasteiger partial charge in [0.05, 0.1) is 0 Å². The molecule has 2 atom stereocenters. The number of nitrogen functional groups attached to an aromatic ring is 1. The molecule has 0 unspecified atom stereocenters. The molecule has 4 heterocycles. The van der Waals surface area contributed by atoms with Gasteiger partial charge in [-0.15, -0.1) is 0 Å². The first kappa shape index (κ1) is 93.8. The van der Waals surface area contributed by atoms with E-state index in [1.807, 2.05) is 105 Å². The van der Waals surface area contributed by atoms with Gasteiger partial charge >= 0.3 is 515 Å². The topological polar surface area (TPSA) is 428 Å². The summed E-state index contributed by atoms with van der Waals surface area (Å²) in [6.07, 6.45) is 6.84. The van der Waals surface area contributed by atoms with Crippen molar-refractivity contribution in [2.24, 2.45) is 5.73 Å². The number of rotatable bonds is 26. The van der Waals surface area contributed by atoms with Gasteiger partial charge in [-0.25, -0.2) is 0 Å². The number of fused-ring (bicyclic) bond motifs is 4. The third-order valence-electron chi connectivity index (χ3n) is 12.9. The van der Waals surface area contributed by atoms with Crippen LogP contribution in [-0.4, -0.2) is 238 Å². The number of ketones is 3. The number of carboxylic acid groups (broad SMARTS) is 3. The number of carboxylic acids is 3. The number of anilines is 1. The number of aliphatic hydroxyl groups excluding tert-OH is 5. The summed E-state index contributed by atoms with van der Waals surface area (Å²) in [6, 6.07) is 28.7. The number of esters is 1. The molecule has 0 aliphatic carbocycles. The predicted molar refractivity (Wildman–Crippen MR) is 411 cm³/mol. The van der Waals surface area contributed by atoms with Crippen molar-refractivity contribution in [1.29, 1.82) is 5.41 Å². The Hall–Kier alpha value is -7.22. The van der Waals surface area contributed by atoms with Crippen molar-refractivity contribution in [2.75, 3.05) is 68.5 Å². The largest absolute Gasteiger partial charge is 0.400 e. The van der Waals surface area contributed by atoms with Crippen LogP contribution in [0.2, 0.25) is 0 Å². The molecule has 4 aromatic carbocycles. The molecular weight excluding hydrogens is 1560 g/mol. The Morgan fingerprint density at radius 3 is 1.21 bits per heavy atom. The number of amidine groups is 1. The maximum Gasteiger partial charge on any atom is 0.0319 e. The van der Waals surface area contributed by atoms with Crippen LogP contribution < -0.4 is 22.1 Å². The van der Waals surface area contributed by atoms with Crippen LogP contribution in [0.3, 0.4) is 0 Å². The van der Waals surface area contributed by atoms with Gasteiger partial charge in [-0.3, -0.25) is 5.41 Å². The first-order valence-corrected chi connectivity index (χ1v) is 37.4. The number of nitrogens with zero attached hydrogens (tertiary/aromatic N) is 1. The third-order valence-corrected chi connectivity index (χ3v) is 22.1. The number of nitrogens with two attached hydrogens (primary N) is 2. The van der Waals surface area contributed by atoms with Gasteiger partial charge in [0.25, 0.3) is 0 Å². The van der Waals surface area contributed by atoms with Crippen molar-refractivity contribution in [2.45, 2.75) is 146 Å². The summed E-state index contributed by atoms with van der Waals surface area (Å²) in [7, 11) is 12.5. The van der Waals surface area contributed by atoms with E-state index in [9.17, 15) is 43.2 Å². The van der Waals surface area contributed by atoms with Crippen molar-refractivity contribution in [3.63, 3.8) is 0 Å². The molecule has 0 fully saturated rings. The number of likely N-dealkylation sites (N-methyl/N-ethyl adjacent to an activating group) is 1. The van der Waals surface area contributed by atoms with Crippen LogP contribution in [0.25, 0.3) is 38.6 Å². The minimum Gasteiger partial charge on any atom is -0.400 e. The van der Waals surface area contributed by atoms with Crippen LogP contribution in [-0.2, 0) is 48.0 Å². The van der Waals surface area contributed by atoms with E-state index < -0.39 is 30.0 Å². The molecular formula is C73H110N6O18Se4. The van der Waals surface area contributed by atoms with Crippen molar-refractivity contribution in [1.82, 2.24) is 15.5 Å². The Balaban J connectivity index is -0.000000397.